The summed E-state index contributed by atoms with van der Waals surface area (Å²) in [5.74, 6) is -0.793. The molecule has 0 aromatic heterocycles. The van der Waals surface area contributed by atoms with Gasteiger partial charge < -0.3 is 19.9 Å². The normalized spacial score (nSPS) is 11.5. The monoisotopic (exact) mass is 329 g/mol. The zero-order chi connectivity index (χ0) is 17.7. The van der Waals surface area contributed by atoms with Crippen LogP contribution in [0.5, 0.6) is 11.5 Å². The maximum Gasteiger partial charge on any atom is 0.342 e. The second-order valence-corrected chi connectivity index (χ2v) is 5.24. The van der Waals surface area contributed by atoms with E-state index in [4.69, 9.17) is 9.47 Å². The van der Waals surface area contributed by atoms with Gasteiger partial charge in [-0.25, -0.2) is 4.79 Å². The molecule has 1 atom stereocenters. The maximum atomic E-state index is 12.1. The Morgan fingerprint density at radius 2 is 1.88 bits per heavy atom. The maximum absolute atomic E-state index is 12.1. The molecule has 0 bridgehead atoms. The van der Waals surface area contributed by atoms with Gasteiger partial charge in [0.05, 0.1) is 7.11 Å². The summed E-state index contributed by atoms with van der Waals surface area (Å²) >= 11 is 0. The summed E-state index contributed by atoms with van der Waals surface area (Å²) in [6.07, 6.45) is -1.02. The fraction of sp³-hybridized carbons (Fsp3) is 0.222. The molecule has 6 nitrogen and oxygen atoms in total. The summed E-state index contributed by atoms with van der Waals surface area (Å²) in [5.41, 5.74) is 1.11. The van der Waals surface area contributed by atoms with E-state index in [1.54, 1.807) is 43.3 Å². The van der Waals surface area contributed by atoms with Crippen molar-refractivity contribution in [3.63, 3.8) is 0 Å². The van der Waals surface area contributed by atoms with Crippen LogP contribution in [0, 0.1) is 6.92 Å². The van der Waals surface area contributed by atoms with Gasteiger partial charge in [-0.05, 0) is 37.6 Å². The molecule has 1 amide bonds. The number of hydrogen-bond donors (Lipinski definition) is 2. The van der Waals surface area contributed by atoms with Gasteiger partial charge in [-0.1, -0.05) is 18.2 Å². The van der Waals surface area contributed by atoms with Crippen LogP contribution in [-0.4, -0.2) is 30.2 Å². The third kappa shape index (κ3) is 4.04. The molecular weight excluding hydrogens is 310 g/mol. The molecule has 0 heterocycles. The summed E-state index contributed by atoms with van der Waals surface area (Å²) in [6, 6.07) is 11.6. The Morgan fingerprint density at radius 1 is 1.17 bits per heavy atom. The predicted molar refractivity (Wildman–Crippen MR) is 89.3 cm³/mol. The smallest absolute Gasteiger partial charge is 0.342 e. The number of aromatic hydroxyl groups is 1. The van der Waals surface area contributed by atoms with Gasteiger partial charge in [-0.15, -0.1) is 0 Å². The molecule has 6 heteroatoms. The zero-order valence-corrected chi connectivity index (χ0v) is 13.7. The Kier molecular flexibility index (Phi) is 5.42. The molecular formula is C18H19NO5. The zero-order valence-electron chi connectivity index (χ0n) is 13.7. The van der Waals surface area contributed by atoms with Gasteiger partial charge in [-0.3, -0.25) is 4.79 Å². The molecule has 0 aliphatic rings. The number of carbonyl (C=O) groups excluding carboxylic acids is 2. The van der Waals surface area contributed by atoms with Crippen molar-refractivity contribution in [2.24, 2.45) is 0 Å². The first-order valence-corrected chi connectivity index (χ1v) is 7.37. The van der Waals surface area contributed by atoms with E-state index < -0.39 is 18.0 Å². The van der Waals surface area contributed by atoms with Crippen molar-refractivity contribution < 1.29 is 24.2 Å². The topological polar surface area (TPSA) is 84.9 Å². The number of methoxy groups -OCH3 is 1. The number of benzene rings is 2. The Bertz CT molecular complexity index is 757. The van der Waals surface area contributed by atoms with E-state index in [9.17, 15) is 14.7 Å². The van der Waals surface area contributed by atoms with Crippen molar-refractivity contribution in [1.82, 2.24) is 0 Å². The van der Waals surface area contributed by atoms with E-state index >= 15 is 0 Å². The summed E-state index contributed by atoms with van der Waals surface area (Å²) < 4.78 is 10.2. The van der Waals surface area contributed by atoms with Gasteiger partial charge in [0.25, 0.3) is 5.91 Å². The summed E-state index contributed by atoms with van der Waals surface area (Å²) in [6.45, 7) is 3.13. The standard InChI is InChI=1S/C18H19NO5/c1-11-6-4-9-15(16(11)20)18(22)24-12(2)17(21)19-13-7-5-8-14(10-13)23-3/h4-10,12,20H,1-3H3,(H,19,21)/t12-/m1/s1. The molecule has 2 aromatic carbocycles. The fourth-order valence-corrected chi connectivity index (χ4v) is 2.05. The largest absolute Gasteiger partial charge is 0.507 e. The second-order valence-electron chi connectivity index (χ2n) is 5.24. The molecule has 0 unspecified atom stereocenters. The van der Waals surface area contributed by atoms with E-state index in [1.807, 2.05) is 0 Å². The van der Waals surface area contributed by atoms with Crippen LogP contribution < -0.4 is 10.1 Å². The van der Waals surface area contributed by atoms with Crippen LogP contribution >= 0.6 is 0 Å². The summed E-state index contributed by atoms with van der Waals surface area (Å²) in [7, 11) is 1.53. The molecule has 0 saturated heterocycles. The number of anilines is 1. The van der Waals surface area contributed by atoms with Crippen LogP contribution in [0.2, 0.25) is 0 Å². The van der Waals surface area contributed by atoms with Crippen LogP contribution in [0.4, 0.5) is 5.69 Å². The second kappa shape index (κ2) is 7.50. The highest BCUT2D eigenvalue weighted by molar-refractivity contribution is 5.98. The van der Waals surface area contributed by atoms with Gasteiger partial charge in [0.2, 0.25) is 0 Å². The Balaban J connectivity index is 2.03. The molecule has 0 fully saturated rings. The molecule has 0 radical (unpaired) electrons. The number of amides is 1. The number of phenols is 1. The number of esters is 1. The average Bonchev–Trinajstić information content (AvgIpc) is 2.57. The first-order valence-electron chi connectivity index (χ1n) is 7.37. The van der Waals surface area contributed by atoms with Gasteiger partial charge in [-0.2, -0.15) is 0 Å². The molecule has 2 aromatic rings. The molecule has 0 saturated carbocycles. The van der Waals surface area contributed by atoms with E-state index in [0.29, 0.717) is 17.0 Å². The predicted octanol–water partition coefficient (Wildman–Crippen LogP) is 2.89. The number of hydrogen-bond acceptors (Lipinski definition) is 5. The first kappa shape index (κ1) is 17.3. The lowest BCUT2D eigenvalue weighted by Crippen LogP contribution is -2.30. The molecule has 126 valence electrons. The van der Waals surface area contributed by atoms with Crippen molar-refractivity contribution in [2.45, 2.75) is 20.0 Å². The summed E-state index contributed by atoms with van der Waals surface area (Å²) in [5, 5.41) is 12.5. The SMILES string of the molecule is COc1cccc(NC(=O)[C@@H](C)OC(=O)c2cccc(C)c2O)c1. The molecule has 0 spiro atoms. The minimum Gasteiger partial charge on any atom is -0.507 e. The highest BCUT2D eigenvalue weighted by atomic mass is 16.5. The van der Waals surface area contributed by atoms with Gasteiger partial charge in [0, 0.05) is 11.8 Å². The van der Waals surface area contributed by atoms with Crippen LogP contribution in [0.1, 0.15) is 22.8 Å². The number of nitrogens with one attached hydrogen (secondary N) is 1. The molecule has 2 rings (SSSR count). The highest BCUT2D eigenvalue weighted by Crippen LogP contribution is 2.23. The Morgan fingerprint density at radius 3 is 2.58 bits per heavy atom. The van der Waals surface area contributed by atoms with Crippen molar-refractivity contribution in [2.75, 3.05) is 12.4 Å². The van der Waals surface area contributed by atoms with Crippen molar-refractivity contribution in [1.29, 1.82) is 0 Å². The van der Waals surface area contributed by atoms with Crippen molar-refractivity contribution in [3.05, 3.63) is 53.6 Å². The number of aryl methyl sites for hydroxylation is 1. The highest BCUT2D eigenvalue weighted by Gasteiger charge is 2.21. The first-order chi connectivity index (χ1) is 11.4. The van der Waals surface area contributed by atoms with E-state index in [1.165, 1.54) is 20.1 Å². The van der Waals surface area contributed by atoms with Gasteiger partial charge in [0.15, 0.2) is 6.10 Å². The van der Waals surface area contributed by atoms with Crippen LogP contribution in [0.3, 0.4) is 0 Å². The van der Waals surface area contributed by atoms with Crippen LogP contribution in [-0.2, 0) is 9.53 Å². The molecule has 0 aliphatic heterocycles. The van der Waals surface area contributed by atoms with Gasteiger partial charge in [0.1, 0.15) is 17.1 Å². The molecule has 0 aliphatic carbocycles. The Hall–Kier alpha value is -3.02. The minimum atomic E-state index is -1.02. The lowest BCUT2D eigenvalue weighted by atomic mass is 10.1. The molecule has 2 N–H and O–H groups in total. The lowest BCUT2D eigenvalue weighted by Gasteiger charge is -2.14. The number of ether oxygens (including phenoxy) is 2. The van der Waals surface area contributed by atoms with E-state index in [0.717, 1.165) is 0 Å². The average molecular weight is 329 g/mol. The number of para-hydroxylation sites is 1. The molecule has 24 heavy (non-hydrogen) atoms. The van der Waals surface area contributed by atoms with Gasteiger partial charge >= 0.3 is 5.97 Å². The Labute approximate surface area is 140 Å². The van der Waals surface area contributed by atoms with Crippen LogP contribution in [0.25, 0.3) is 0 Å². The lowest BCUT2D eigenvalue weighted by molar-refractivity contribution is -0.123. The number of rotatable bonds is 5. The quantitative estimate of drug-likeness (QED) is 0.824. The van der Waals surface area contributed by atoms with E-state index in [-0.39, 0.29) is 11.3 Å². The van der Waals surface area contributed by atoms with Crippen molar-refractivity contribution >= 4 is 17.6 Å². The fourth-order valence-electron chi connectivity index (χ4n) is 2.05. The van der Waals surface area contributed by atoms with E-state index in [2.05, 4.69) is 5.32 Å². The third-order valence-electron chi connectivity index (χ3n) is 3.45. The number of phenolic OH excluding ortho intramolecular Hbond substituents is 1. The van der Waals surface area contributed by atoms with Crippen LogP contribution in [0.15, 0.2) is 42.5 Å². The van der Waals surface area contributed by atoms with Crippen molar-refractivity contribution in [3.8, 4) is 11.5 Å². The summed E-state index contributed by atoms with van der Waals surface area (Å²) in [4.78, 5) is 24.2. The number of carbonyl (C=O) groups is 2. The third-order valence-corrected chi connectivity index (χ3v) is 3.45. The minimum absolute atomic E-state index is 0.0241.